The van der Waals surface area contributed by atoms with Gasteiger partial charge in [0.2, 0.25) is 0 Å². The van der Waals surface area contributed by atoms with Crippen molar-refractivity contribution in [1.82, 2.24) is 0 Å². The Balaban J connectivity index is 2.24. The summed E-state index contributed by atoms with van der Waals surface area (Å²) in [4.78, 5) is 9.98. The molecule has 0 saturated heterocycles. The summed E-state index contributed by atoms with van der Waals surface area (Å²) in [5.41, 5.74) is -0.577. The fourth-order valence-corrected chi connectivity index (χ4v) is 1.57. The van der Waals surface area contributed by atoms with Crippen LogP contribution in [0.15, 0.2) is 36.4 Å². The molecule has 0 saturated carbocycles. The molecule has 0 bridgehead atoms. The number of rotatable bonds is 4. The quantitative estimate of drug-likeness (QED) is 0.636. The van der Waals surface area contributed by atoms with Crippen LogP contribution in [-0.4, -0.2) is 4.92 Å². The molecule has 104 valence electrons. The van der Waals surface area contributed by atoms with Crippen LogP contribution in [0.4, 0.5) is 18.9 Å². The molecule has 0 fully saturated rings. The molecule has 0 radical (unpaired) electrons. The van der Waals surface area contributed by atoms with E-state index < -0.39 is 34.7 Å². The van der Waals surface area contributed by atoms with Crippen molar-refractivity contribution in [2.45, 2.75) is 6.61 Å². The average molecular weight is 283 g/mol. The Morgan fingerprint density at radius 1 is 1.15 bits per heavy atom. The van der Waals surface area contributed by atoms with Crippen molar-refractivity contribution in [3.63, 3.8) is 0 Å². The molecule has 0 aliphatic carbocycles. The summed E-state index contributed by atoms with van der Waals surface area (Å²) in [5.74, 6) is -3.24. The molecule has 0 amide bonds. The van der Waals surface area contributed by atoms with Crippen LogP contribution in [-0.2, 0) is 6.61 Å². The number of nitro benzene ring substituents is 1. The van der Waals surface area contributed by atoms with Crippen LogP contribution in [0.1, 0.15) is 5.56 Å². The van der Waals surface area contributed by atoms with Gasteiger partial charge in [0.25, 0.3) is 0 Å². The number of nitrogens with zero attached hydrogens (tertiary/aromatic N) is 1. The van der Waals surface area contributed by atoms with Gasteiger partial charge in [0.1, 0.15) is 12.4 Å². The first-order chi connectivity index (χ1) is 9.49. The second kappa shape index (κ2) is 5.60. The summed E-state index contributed by atoms with van der Waals surface area (Å²) >= 11 is 0. The maximum atomic E-state index is 13.4. The fraction of sp³-hybridized carbons (Fsp3) is 0.0769. The molecule has 4 nitrogen and oxygen atoms in total. The summed E-state index contributed by atoms with van der Waals surface area (Å²) in [5, 5.41) is 10.7. The molecule has 2 rings (SSSR count). The Morgan fingerprint density at radius 2 is 1.90 bits per heavy atom. The maximum absolute atomic E-state index is 13.4. The van der Waals surface area contributed by atoms with Crippen molar-refractivity contribution in [2.24, 2.45) is 0 Å². The Hall–Kier alpha value is -2.57. The van der Waals surface area contributed by atoms with Crippen LogP contribution in [0.3, 0.4) is 0 Å². The van der Waals surface area contributed by atoms with E-state index in [2.05, 4.69) is 0 Å². The van der Waals surface area contributed by atoms with E-state index >= 15 is 0 Å². The molecule has 0 spiro atoms. The summed E-state index contributed by atoms with van der Waals surface area (Å²) < 4.78 is 44.4. The molecule has 0 N–H and O–H groups in total. The van der Waals surface area contributed by atoms with Gasteiger partial charge in [-0.3, -0.25) is 10.1 Å². The van der Waals surface area contributed by atoms with Crippen LogP contribution in [0, 0.1) is 27.6 Å². The molecular weight excluding hydrogens is 275 g/mol. The van der Waals surface area contributed by atoms with Gasteiger partial charge in [-0.05, 0) is 12.1 Å². The third-order valence-corrected chi connectivity index (χ3v) is 2.53. The van der Waals surface area contributed by atoms with Crippen LogP contribution >= 0.6 is 0 Å². The summed E-state index contributed by atoms with van der Waals surface area (Å²) in [7, 11) is 0. The van der Waals surface area contributed by atoms with Crippen LogP contribution < -0.4 is 4.74 Å². The molecule has 2 aromatic rings. The number of hydrogen-bond donors (Lipinski definition) is 0. The highest BCUT2D eigenvalue weighted by Crippen LogP contribution is 2.28. The smallest absolute Gasteiger partial charge is 0.311 e. The second-order valence-corrected chi connectivity index (χ2v) is 3.87. The Bertz CT molecular complexity index is 661. The lowest BCUT2D eigenvalue weighted by atomic mass is 10.2. The molecule has 0 unspecified atom stereocenters. The first-order valence-electron chi connectivity index (χ1n) is 5.48. The molecule has 0 aliphatic heterocycles. The van der Waals surface area contributed by atoms with Crippen molar-refractivity contribution in [1.29, 1.82) is 0 Å². The molecule has 2 aromatic carbocycles. The van der Waals surface area contributed by atoms with Crippen molar-refractivity contribution in [3.05, 3.63) is 69.5 Å². The molecule has 0 aromatic heterocycles. The lowest BCUT2D eigenvalue weighted by molar-refractivity contribution is -0.386. The maximum Gasteiger partial charge on any atom is 0.311 e. The van der Waals surface area contributed by atoms with Gasteiger partial charge in [0.15, 0.2) is 17.4 Å². The van der Waals surface area contributed by atoms with Crippen molar-refractivity contribution in [2.75, 3.05) is 0 Å². The van der Waals surface area contributed by atoms with Crippen molar-refractivity contribution in [3.8, 4) is 5.75 Å². The van der Waals surface area contributed by atoms with E-state index in [0.717, 1.165) is 24.3 Å². The predicted octanol–water partition coefficient (Wildman–Crippen LogP) is 3.59. The SMILES string of the molecule is O=[N+]([O-])c1ccc(F)cc1OCc1cccc(F)c1F. The molecule has 0 atom stereocenters. The highest BCUT2D eigenvalue weighted by molar-refractivity contribution is 5.46. The highest BCUT2D eigenvalue weighted by atomic mass is 19.2. The van der Waals surface area contributed by atoms with E-state index in [9.17, 15) is 23.3 Å². The molecular formula is C13H8F3NO3. The summed E-state index contributed by atoms with van der Waals surface area (Å²) in [6.07, 6.45) is 0. The number of benzene rings is 2. The van der Waals surface area contributed by atoms with Crippen LogP contribution in [0.5, 0.6) is 5.75 Å². The predicted molar refractivity (Wildman–Crippen MR) is 63.7 cm³/mol. The van der Waals surface area contributed by atoms with E-state index in [1.54, 1.807) is 0 Å². The second-order valence-electron chi connectivity index (χ2n) is 3.87. The third kappa shape index (κ3) is 2.87. The Kier molecular flexibility index (Phi) is 3.88. The average Bonchev–Trinajstić information content (AvgIpc) is 2.40. The number of nitro groups is 1. The topological polar surface area (TPSA) is 52.4 Å². The van der Waals surface area contributed by atoms with Gasteiger partial charge in [-0.25, -0.2) is 13.2 Å². The van der Waals surface area contributed by atoms with E-state index in [4.69, 9.17) is 4.74 Å². The first-order valence-corrected chi connectivity index (χ1v) is 5.48. The molecule has 7 heteroatoms. The van der Waals surface area contributed by atoms with Gasteiger partial charge >= 0.3 is 5.69 Å². The number of hydrogen-bond acceptors (Lipinski definition) is 3. The minimum Gasteiger partial charge on any atom is -0.482 e. The minimum atomic E-state index is -1.11. The molecule has 0 heterocycles. The number of halogens is 3. The first kappa shape index (κ1) is 13.9. The van der Waals surface area contributed by atoms with Crippen molar-refractivity contribution < 1.29 is 22.8 Å². The fourth-order valence-electron chi connectivity index (χ4n) is 1.57. The Morgan fingerprint density at radius 3 is 2.60 bits per heavy atom. The zero-order valence-corrected chi connectivity index (χ0v) is 9.98. The standard InChI is InChI=1S/C13H8F3NO3/c14-9-4-5-11(17(18)19)12(6-9)20-7-8-2-1-3-10(15)13(8)16/h1-6H,7H2. The highest BCUT2D eigenvalue weighted by Gasteiger charge is 2.17. The van der Waals surface area contributed by atoms with Gasteiger partial charge in [-0.2, -0.15) is 0 Å². The zero-order valence-electron chi connectivity index (χ0n) is 9.98. The number of ether oxygens (including phenoxy) is 1. The van der Waals surface area contributed by atoms with Gasteiger partial charge < -0.3 is 4.74 Å². The van der Waals surface area contributed by atoms with E-state index in [1.165, 1.54) is 12.1 Å². The monoisotopic (exact) mass is 283 g/mol. The van der Waals surface area contributed by atoms with Crippen molar-refractivity contribution >= 4 is 5.69 Å². The summed E-state index contributed by atoms with van der Waals surface area (Å²) in [6, 6.07) is 6.14. The molecule has 20 heavy (non-hydrogen) atoms. The minimum absolute atomic E-state index is 0.122. The molecule has 0 aliphatic rings. The van der Waals surface area contributed by atoms with E-state index in [-0.39, 0.29) is 11.3 Å². The van der Waals surface area contributed by atoms with E-state index in [0.29, 0.717) is 0 Å². The largest absolute Gasteiger partial charge is 0.482 e. The lowest BCUT2D eigenvalue weighted by Gasteiger charge is -2.08. The van der Waals surface area contributed by atoms with Crippen LogP contribution in [0.25, 0.3) is 0 Å². The summed E-state index contributed by atoms with van der Waals surface area (Å²) in [6.45, 7) is -0.451. The van der Waals surface area contributed by atoms with Gasteiger partial charge in [-0.1, -0.05) is 12.1 Å². The zero-order chi connectivity index (χ0) is 14.7. The van der Waals surface area contributed by atoms with E-state index in [1.807, 2.05) is 0 Å². The van der Waals surface area contributed by atoms with Crippen LogP contribution in [0.2, 0.25) is 0 Å². The lowest BCUT2D eigenvalue weighted by Crippen LogP contribution is -2.02. The normalized spacial score (nSPS) is 10.3. The Labute approximate surface area is 111 Å². The van der Waals surface area contributed by atoms with Gasteiger partial charge in [0.05, 0.1) is 4.92 Å². The third-order valence-electron chi connectivity index (χ3n) is 2.53. The van der Waals surface area contributed by atoms with Gasteiger partial charge in [-0.15, -0.1) is 0 Å². The van der Waals surface area contributed by atoms with Gasteiger partial charge in [0, 0.05) is 17.7 Å².